The Hall–Kier alpha value is -2.87. The predicted octanol–water partition coefficient (Wildman–Crippen LogP) is 6.81. The fraction of sp³-hybridized carbons (Fsp3) is 0.208. The van der Waals surface area contributed by atoms with Crippen LogP contribution >= 0.6 is 0 Å². The number of rotatable bonds is 5. The highest BCUT2D eigenvalue weighted by Gasteiger charge is 2.15. The van der Waals surface area contributed by atoms with Crippen LogP contribution in [0, 0.1) is 6.92 Å². The first-order chi connectivity index (χ1) is 12.8. The maximum absolute atomic E-state index is 6.24. The Morgan fingerprint density at radius 1 is 0.885 bits per heavy atom. The Morgan fingerprint density at radius 3 is 2.42 bits per heavy atom. The van der Waals surface area contributed by atoms with Crippen molar-refractivity contribution in [2.24, 2.45) is 0 Å². The molecular formula is C24H23NO. The zero-order chi connectivity index (χ0) is 17.9. The number of aryl methyl sites for hydroxylation is 2. The molecule has 2 nitrogen and oxygen atoms in total. The van der Waals surface area contributed by atoms with Gasteiger partial charge in [0.1, 0.15) is 5.52 Å². The van der Waals surface area contributed by atoms with Crippen LogP contribution in [0.4, 0.5) is 0 Å². The summed E-state index contributed by atoms with van der Waals surface area (Å²) in [4.78, 5) is 4.80. The molecule has 0 spiro atoms. The lowest BCUT2D eigenvalue weighted by molar-refractivity contribution is 0.620. The number of aromatic nitrogens is 1. The standard InChI is InChI=1S/C24H23NO/c1-3-4-11-18-15-21(20-14-9-8-10-17(20)2)23-22(16-18)25-24(26-23)19-12-6-5-7-13-19/h5-10,12-16H,3-4,11H2,1-2H3. The van der Waals surface area contributed by atoms with Crippen LogP contribution in [0.5, 0.6) is 0 Å². The van der Waals surface area contributed by atoms with E-state index in [1.807, 2.05) is 30.3 Å². The van der Waals surface area contributed by atoms with Gasteiger partial charge in [-0.15, -0.1) is 0 Å². The Bertz CT molecular complexity index is 1030. The molecule has 2 heteroatoms. The van der Waals surface area contributed by atoms with Gasteiger partial charge >= 0.3 is 0 Å². The first-order valence-corrected chi connectivity index (χ1v) is 9.31. The summed E-state index contributed by atoms with van der Waals surface area (Å²) in [6.45, 7) is 4.37. The molecule has 0 radical (unpaired) electrons. The number of benzene rings is 3. The molecule has 0 unspecified atom stereocenters. The molecule has 0 saturated heterocycles. The van der Waals surface area contributed by atoms with Crippen LogP contribution in [0.15, 0.2) is 71.1 Å². The van der Waals surface area contributed by atoms with Crippen LogP contribution in [0.25, 0.3) is 33.7 Å². The van der Waals surface area contributed by atoms with Gasteiger partial charge in [0.25, 0.3) is 0 Å². The number of hydrogen-bond donors (Lipinski definition) is 0. The van der Waals surface area contributed by atoms with E-state index >= 15 is 0 Å². The van der Waals surface area contributed by atoms with Crippen LogP contribution < -0.4 is 0 Å². The summed E-state index contributed by atoms with van der Waals surface area (Å²) >= 11 is 0. The third-order valence-corrected chi connectivity index (χ3v) is 4.82. The molecule has 1 heterocycles. The van der Waals surface area contributed by atoms with Gasteiger partial charge in [-0.25, -0.2) is 4.98 Å². The Kier molecular flexibility index (Phi) is 4.57. The lowest BCUT2D eigenvalue weighted by Crippen LogP contribution is -1.89. The highest BCUT2D eigenvalue weighted by atomic mass is 16.3. The van der Waals surface area contributed by atoms with Gasteiger partial charge in [0.2, 0.25) is 5.89 Å². The summed E-state index contributed by atoms with van der Waals surface area (Å²) < 4.78 is 6.24. The second kappa shape index (κ2) is 7.17. The molecule has 4 rings (SSSR count). The maximum Gasteiger partial charge on any atom is 0.227 e. The van der Waals surface area contributed by atoms with Crippen molar-refractivity contribution >= 4 is 11.1 Å². The molecule has 1 aromatic heterocycles. The van der Waals surface area contributed by atoms with E-state index in [0.29, 0.717) is 5.89 Å². The van der Waals surface area contributed by atoms with E-state index in [1.165, 1.54) is 29.5 Å². The van der Waals surface area contributed by atoms with Crippen molar-refractivity contribution in [2.45, 2.75) is 33.1 Å². The highest BCUT2D eigenvalue weighted by molar-refractivity contribution is 5.93. The maximum atomic E-state index is 6.24. The van der Waals surface area contributed by atoms with Gasteiger partial charge in [0.15, 0.2) is 5.58 Å². The van der Waals surface area contributed by atoms with Crippen molar-refractivity contribution in [3.05, 3.63) is 77.9 Å². The van der Waals surface area contributed by atoms with Crippen LogP contribution in [-0.2, 0) is 6.42 Å². The third-order valence-electron chi connectivity index (χ3n) is 4.82. The van der Waals surface area contributed by atoms with E-state index < -0.39 is 0 Å². The molecule has 0 aliphatic heterocycles. The van der Waals surface area contributed by atoms with Gasteiger partial charge in [-0.2, -0.15) is 0 Å². The third kappa shape index (κ3) is 3.15. The van der Waals surface area contributed by atoms with Gasteiger partial charge in [-0.05, 0) is 60.7 Å². The number of nitrogens with zero attached hydrogens (tertiary/aromatic N) is 1. The summed E-state index contributed by atoms with van der Waals surface area (Å²) in [5, 5.41) is 0. The van der Waals surface area contributed by atoms with E-state index in [0.717, 1.165) is 28.6 Å². The van der Waals surface area contributed by atoms with E-state index in [1.54, 1.807) is 0 Å². The van der Waals surface area contributed by atoms with Gasteiger partial charge in [-0.1, -0.05) is 55.8 Å². The summed E-state index contributed by atoms with van der Waals surface area (Å²) in [6.07, 6.45) is 3.44. The zero-order valence-corrected chi connectivity index (χ0v) is 15.3. The first-order valence-electron chi connectivity index (χ1n) is 9.31. The molecule has 0 aliphatic carbocycles. The average Bonchev–Trinajstić information content (AvgIpc) is 3.11. The van der Waals surface area contributed by atoms with Crippen molar-refractivity contribution in [1.82, 2.24) is 4.98 Å². The minimum absolute atomic E-state index is 0.683. The summed E-state index contributed by atoms with van der Waals surface area (Å²) in [5.74, 6) is 0.683. The molecule has 0 fully saturated rings. The summed E-state index contributed by atoms with van der Waals surface area (Å²) in [7, 11) is 0. The lowest BCUT2D eigenvalue weighted by Gasteiger charge is -2.09. The van der Waals surface area contributed by atoms with E-state index in [-0.39, 0.29) is 0 Å². The number of fused-ring (bicyclic) bond motifs is 1. The topological polar surface area (TPSA) is 26.0 Å². The normalized spacial score (nSPS) is 11.2. The molecule has 0 amide bonds. The molecular weight excluding hydrogens is 318 g/mol. The molecule has 0 atom stereocenters. The minimum Gasteiger partial charge on any atom is -0.435 e. The highest BCUT2D eigenvalue weighted by Crippen LogP contribution is 2.35. The number of unbranched alkanes of at least 4 members (excludes halogenated alkanes) is 1. The smallest absolute Gasteiger partial charge is 0.227 e. The van der Waals surface area contributed by atoms with Crippen LogP contribution in [0.2, 0.25) is 0 Å². The fourth-order valence-electron chi connectivity index (χ4n) is 3.40. The second-order valence-electron chi connectivity index (χ2n) is 6.80. The van der Waals surface area contributed by atoms with Crippen LogP contribution in [-0.4, -0.2) is 4.98 Å². The molecule has 130 valence electrons. The average molecular weight is 341 g/mol. The summed E-state index contributed by atoms with van der Waals surface area (Å²) in [5.41, 5.74) is 7.75. The Morgan fingerprint density at radius 2 is 1.65 bits per heavy atom. The van der Waals surface area contributed by atoms with Crippen molar-refractivity contribution < 1.29 is 4.42 Å². The molecule has 0 saturated carbocycles. The molecule has 3 aromatic carbocycles. The van der Waals surface area contributed by atoms with E-state index in [4.69, 9.17) is 9.40 Å². The van der Waals surface area contributed by atoms with Crippen molar-refractivity contribution in [3.63, 3.8) is 0 Å². The minimum atomic E-state index is 0.683. The molecule has 0 bridgehead atoms. The lowest BCUT2D eigenvalue weighted by atomic mass is 9.96. The van der Waals surface area contributed by atoms with Gasteiger partial charge in [0.05, 0.1) is 0 Å². The fourth-order valence-corrected chi connectivity index (χ4v) is 3.40. The van der Waals surface area contributed by atoms with Gasteiger partial charge in [-0.3, -0.25) is 0 Å². The van der Waals surface area contributed by atoms with E-state index in [9.17, 15) is 0 Å². The van der Waals surface area contributed by atoms with Gasteiger partial charge < -0.3 is 4.42 Å². The monoisotopic (exact) mass is 341 g/mol. The van der Waals surface area contributed by atoms with Crippen molar-refractivity contribution in [3.8, 4) is 22.6 Å². The van der Waals surface area contributed by atoms with Crippen LogP contribution in [0.1, 0.15) is 30.9 Å². The van der Waals surface area contributed by atoms with Crippen molar-refractivity contribution in [1.29, 1.82) is 0 Å². The molecule has 0 N–H and O–H groups in total. The quantitative estimate of drug-likeness (QED) is 0.398. The molecule has 26 heavy (non-hydrogen) atoms. The molecule has 0 aliphatic rings. The van der Waals surface area contributed by atoms with Crippen LogP contribution in [0.3, 0.4) is 0 Å². The number of oxazole rings is 1. The largest absolute Gasteiger partial charge is 0.435 e. The number of hydrogen-bond acceptors (Lipinski definition) is 2. The Labute approximate surface area is 154 Å². The van der Waals surface area contributed by atoms with Crippen molar-refractivity contribution in [2.75, 3.05) is 0 Å². The SMILES string of the molecule is CCCCc1cc(-c2ccccc2C)c2oc(-c3ccccc3)nc2c1. The Balaban J connectivity index is 1.92. The first kappa shape index (κ1) is 16.6. The zero-order valence-electron chi connectivity index (χ0n) is 15.3. The summed E-state index contributed by atoms with van der Waals surface area (Å²) in [6, 6.07) is 23.0. The van der Waals surface area contributed by atoms with E-state index in [2.05, 4.69) is 50.2 Å². The second-order valence-corrected chi connectivity index (χ2v) is 6.80. The van der Waals surface area contributed by atoms with Gasteiger partial charge in [0, 0.05) is 11.1 Å². The predicted molar refractivity (Wildman–Crippen MR) is 108 cm³/mol. The molecule has 4 aromatic rings.